The van der Waals surface area contributed by atoms with Crippen molar-refractivity contribution in [1.29, 1.82) is 0 Å². The van der Waals surface area contributed by atoms with E-state index >= 15 is 0 Å². The third kappa shape index (κ3) is 2.89. The number of aromatic nitrogens is 1. The van der Waals surface area contributed by atoms with E-state index in [1.165, 1.54) is 12.1 Å². The van der Waals surface area contributed by atoms with E-state index in [1.807, 2.05) is 4.72 Å². The fourth-order valence-electron chi connectivity index (χ4n) is 1.71. The van der Waals surface area contributed by atoms with Crippen LogP contribution in [0.1, 0.15) is 6.92 Å². The minimum Gasteiger partial charge on any atom is -0.479 e. The molecule has 0 saturated carbocycles. The Balaban J connectivity index is 2.37. The van der Waals surface area contributed by atoms with Gasteiger partial charge in [0.1, 0.15) is 10.7 Å². The van der Waals surface area contributed by atoms with Crippen LogP contribution in [0.2, 0.25) is 0 Å². The predicted octanol–water partition coefficient (Wildman–Crippen LogP) is 0.421. The van der Waals surface area contributed by atoms with Crippen LogP contribution in [-0.4, -0.2) is 41.7 Å². The van der Waals surface area contributed by atoms with Crippen LogP contribution >= 0.6 is 0 Å². The number of halogens is 1. The number of aliphatic hydroxyl groups is 1. The molecule has 114 valence electrons. The number of carboxylic acid groups (broad SMARTS) is 1. The van der Waals surface area contributed by atoms with Gasteiger partial charge in [0.05, 0.1) is 11.9 Å². The second kappa shape index (κ2) is 5.10. The molecular weight excluding hydrogens is 303 g/mol. The van der Waals surface area contributed by atoms with Gasteiger partial charge >= 0.3 is 5.97 Å². The van der Waals surface area contributed by atoms with Gasteiger partial charge in [-0.3, -0.25) is 0 Å². The summed E-state index contributed by atoms with van der Waals surface area (Å²) in [6.07, 6.45) is 1.10. The van der Waals surface area contributed by atoms with Gasteiger partial charge in [-0.2, -0.15) is 0 Å². The molecule has 1 heterocycles. The molecule has 0 aliphatic carbocycles. The van der Waals surface area contributed by atoms with E-state index in [9.17, 15) is 22.7 Å². The monoisotopic (exact) mass is 316 g/mol. The van der Waals surface area contributed by atoms with Crippen LogP contribution in [0.15, 0.2) is 29.3 Å². The van der Waals surface area contributed by atoms with Gasteiger partial charge in [0.2, 0.25) is 10.0 Å². The van der Waals surface area contributed by atoms with Crippen molar-refractivity contribution in [2.45, 2.75) is 17.4 Å². The van der Waals surface area contributed by atoms with Crippen molar-refractivity contribution in [2.24, 2.45) is 0 Å². The number of aromatic amines is 1. The molecule has 0 fully saturated rings. The zero-order valence-electron chi connectivity index (χ0n) is 10.9. The highest BCUT2D eigenvalue weighted by Gasteiger charge is 2.32. The summed E-state index contributed by atoms with van der Waals surface area (Å²) in [5.74, 6) is -2.30. The van der Waals surface area contributed by atoms with Crippen LogP contribution in [0.5, 0.6) is 0 Å². The average molecular weight is 316 g/mol. The molecule has 7 nitrogen and oxygen atoms in total. The first-order valence-corrected chi connectivity index (χ1v) is 7.34. The van der Waals surface area contributed by atoms with Gasteiger partial charge in [-0.25, -0.2) is 22.3 Å². The second-order valence-corrected chi connectivity index (χ2v) is 6.45. The maximum Gasteiger partial charge on any atom is 0.336 e. The minimum atomic E-state index is -4.18. The molecule has 1 unspecified atom stereocenters. The first kappa shape index (κ1) is 15.4. The van der Waals surface area contributed by atoms with Gasteiger partial charge < -0.3 is 15.2 Å². The third-order valence-electron chi connectivity index (χ3n) is 2.98. The second-order valence-electron chi connectivity index (χ2n) is 4.72. The zero-order chi connectivity index (χ0) is 15.8. The van der Waals surface area contributed by atoms with Crippen molar-refractivity contribution in [3.8, 4) is 0 Å². The van der Waals surface area contributed by atoms with Crippen molar-refractivity contribution < 1.29 is 27.8 Å². The van der Waals surface area contributed by atoms with Crippen LogP contribution in [0.4, 0.5) is 4.39 Å². The van der Waals surface area contributed by atoms with Crippen molar-refractivity contribution in [1.82, 2.24) is 9.71 Å². The predicted molar refractivity (Wildman–Crippen MR) is 71.7 cm³/mol. The number of benzene rings is 1. The number of rotatable bonds is 5. The Morgan fingerprint density at radius 1 is 1.48 bits per heavy atom. The Morgan fingerprint density at radius 2 is 2.14 bits per heavy atom. The number of H-pyrrole nitrogens is 1. The number of carbonyl (C=O) groups is 1. The van der Waals surface area contributed by atoms with Gasteiger partial charge in [0, 0.05) is 11.7 Å². The molecule has 2 rings (SSSR count). The lowest BCUT2D eigenvalue weighted by molar-refractivity contribution is -0.155. The van der Waals surface area contributed by atoms with Crippen LogP contribution in [0.3, 0.4) is 0 Å². The molecule has 4 N–H and O–H groups in total. The summed E-state index contributed by atoms with van der Waals surface area (Å²) in [6.45, 7) is 0.208. The van der Waals surface area contributed by atoms with E-state index in [1.54, 1.807) is 0 Å². The van der Waals surface area contributed by atoms with E-state index in [-0.39, 0.29) is 10.3 Å². The molecule has 1 aromatic heterocycles. The Bertz CT molecular complexity index is 797. The highest BCUT2D eigenvalue weighted by molar-refractivity contribution is 7.89. The maximum atomic E-state index is 13.8. The number of hydrogen-bond donors (Lipinski definition) is 4. The Labute approximate surface area is 119 Å². The molecule has 21 heavy (non-hydrogen) atoms. The summed E-state index contributed by atoms with van der Waals surface area (Å²) in [7, 11) is -4.18. The van der Waals surface area contributed by atoms with Crippen molar-refractivity contribution in [2.75, 3.05) is 6.54 Å². The van der Waals surface area contributed by atoms with Gasteiger partial charge in [-0.05, 0) is 19.1 Å². The van der Waals surface area contributed by atoms with E-state index in [4.69, 9.17) is 5.11 Å². The molecule has 2 aromatic rings. The topological polar surface area (TPSA) is 119 Å². The fourth-order valence-corrected chi connectivity index (χ4v) is 3.03. The first-order chi connectivity index (χ1) is 9.65. The molecular formula is C12H13FN2O5S. The minimum absolute atomic E-state index is 0.125. The van der Waals surface area contributed by atoms with Crippen LogP contribution in [0, 0.1) is 5.82 Å². The lowest BCUT2D eigenvalue weighted by Crippen LogP contribution is -2.46. The largest absolute Gasteiger partial charge is 0.479 e. The SMILES string of the molecule is CC(O)(CNS(=O)(=O)c1c[nH]c2cccc(F)c12)C(=O)O. The van der Waals surface area contributed by atoms with Gasteiger partial charge in [-0.15, -0.1) is 0 Å². The van der Waals surface area contributed by atoms with Gasteiger partial charge in [0.25, 0.3) is 0 Å². The lowest BCUT2D eigenvalue weighted by atomic mass is 10.1. The van der Waals surface area contributed by atoms with Crippen molar-refractivity contribution >= 4 is 26.9 Å². The third-order valence-corrected chi connectivity index (χ3v) is 4.40. The van der Waals surface area contributed by atoms with Crippen LogP contribution in [0.25, 0.3) is 10.9 Å². The van der Waals surface area contributed by atoms with Crippen LogP contribution < -0.4 is 4.72 Å². The quantitative estimate of drug-likeness (QED) is 0.637. The highest BCUT2D eigenvalue weighted by Crippen LogP contribution is 2.25. The molecule has 0 radical (unpaired) electrons. The molecule has 0 saturated heterocycles. The van der Waals surface area contributed by atoms with Gasteiger partial charge in [0.15, 0.2) is 5.60 Å². The lowest BCUT2D eigenvalue weighted by Gasteiger charge is -2.18. The fraction of sp³-hybridized carbons (Fsp3) is 0.250. The summed E-state index contributed by atoms with van der Waals surface area (Å²) in [6, 6.07) is 4.04. The molecule has 1 atom stereocenters. The summed E-state index contributed by atoms with van der Waals surface area (Å²) >= 11 is 0. The number of aliphatic carboxylic acids is 1. The van der Waals surface area contributed by atoms with E-state index in [2.05, 4.69) is 4.98 Å². The van der Waals surface area contributed by atoms with Gasteiger partial charge in [-0.1, -0.05) is 6.07 Å². The number of carboxylic acids is 1. The van der Waals surface area contributed by atoms with Crippen molar-refractivity contribution in [3.63, 3.8) is 0 Å². The average Bonchev–Trinajstić information content (AvgIpc) is 2.83. The molecule has 0 spiro atoms. The summed E-state index contributed by atoms with van der Waals surface area (Å²) in [5, 5.41) is 18.1. The van der Waals surface area contributed by atoms with Crippen LogP contribution in [-0.2, 0) is 14.8 Å². The van der Waals surface area contributed by atoms with E-state index < -0.39 is 34.0 Å². The standard InChI is InChI=1S/C12H13FN2O5S/c1-12(18,11(16)17)6-15-21(19,20)9-5-14-8-4-2-3-7(13)10(8)9/h2-5,14-15,18H,6H2,1H3,(H,16,17). The zero-order valence-corrected chi connectivity index (χ0v) is 11.7. The number of sulfonamides is 1. The van der Waals surface area contributed by atoms with E-state index in [0.29, 0.717) is 5.52 Å². The summed E-state index contributed by atoms with van der Waals surface area (Å²) in [4.78, 5) is 13.0. The highest BCUT2D eigenvalue weighted by atomic mass is 32.2. The Kier molecular flexibility index (Phi) is 3.74. The number of fused-ring (bicyclic) bond motifs is 1. The summed E-state index contributed by atoms with van der Waals surface area (Å²) in [5.41, 5.74) is -1.97. The molecule has 1 aromatic carbocycles. The normalized spacial score (nSPS) is 15.0. The molecule has 0 aliphatic heterocycles. The Morgan fingerprint density at radius 3 is 2.76 bits per heavy atom. The maximum absolute atomic E-state index is 13.8. The summed E-state index contributed by atoms with van der Waals surface area (Å²) < 4.78 is 40.0. The first-order valence-electron chi connectivity index (χ1n) is 5.86. The Hall–Kier alpha value is -1.97. The molecule has 0 amide bonds. The van der Waals surface area contributed by atoms with E-state index in [0.717, 1.165) is 19.2 Å². The number of nitrogens with one attached hydrogen (secondary N) is 2. The molecule has 9 heteroatoms. The van der Waals surface area contributed by atoms with Crippen molar-refractivity contribution in [3.05, 3.63) is 30.2 Å². The number of hydrogen-bond acceptors (Lipinski definition) is 4. The molecule has 0 bridgehead atoms. The smallest absolute Gasteiger partial charge is 0.336 e. The molecule has 0 aliphatic rings.